The van der Waals surface area contributed by atoms with Crippen LogP contribution in [-0.4, -0.2) is 17.0 Å². The molecular formula is C13H10N2O5. The van der Waals surface area contributed by atoms with Crippen molar-refractivity contribution in [1.29, 1.82) is 0 Å². The molecule has 0 radical (unpaired) electrons. The van der Waals surface area contributed by atoms with Gasteiger partial charge in [0.05, 0.1) is 28.6 Å². The lowest BCUT2D eigenvalue weighted by atomic mass is 10.0. The van der Waals surface area contributed by atoms with Crippen molar-refractivity contribution in [2.45, 2.75) is 0 Å². The number of nitro groups is 2. The Labute approximate surface area is 113 Å². The number of nitrogens with zero attached hydrogens (tertiary/aromatic N) is 2. The number of nitro benzene ring substituents is 2. The van der Waals surface area contributed by atoms with Crippen molar-refractivity contribution in [3.8, 4) is 16.9 Å². The van der Waals surface area contributed by atoms with E-state index in [1.54, 1.807) is 24.3 Å². The summed E-state index contributed by atoms with van der Waals surface area (Å²) in [6.07, 6.45) is 0. The molecular weight excluding hydrogens is 264 g/mol. The van der Waals surface area contributed by atoms with Crippen LogP contribution in [0.1, 0.15) is 0 Å². The number of rotatable bonds is 4. The molecule has 0 saturated heterocycles. The van der Waals surface area contributed by atoms with Crippen LogP contribution >= 0.6 is 0 Å². The van der Waals surface area contributed by atoms with E-state index in [-0.39, 0.29) is 11.4 Å². The van der Waals surface area contributed by atoms with Crippen LogP contribution in [0.5, 0.6) is 5.75 Å². The zero-order valence-corrected chi connectivity index (χ0v) is 10.5. The van der Waals surface area contributed by atoms with Gasteiger partial charge < -0.3 is 4.74 Å². The molecule has 0 atom stereocenters. The lowest BCUT2D eigenvalue weighted by Gasteiger charge is -2.05. The molecule has 0 N–H and O–H groups in total. The predicted octanol–water partition coefficient (Wildman–Crippen LogP) is 3.18. The second-order valence-electron chi connectivity index (χ2n) is 3.95. The summed E-state index contributed by atoms with van der Waals surface area (Å²) in [6.45, 7) is 0. The highest BCUT2D eigenvalue weighted by Gasteiger charge is 2.20. The normalized spacial score (nSPS) is 10.1. The van der Waals surface area contributed by atoms with E-state index in [1.807, 2.05) is 0 Å². The molecule has 0 spiro atoms. The molecule has 0 aliphatic heterocycles. The number of ether oxygens (including phenoxy) is 1. The molecule has 102 valence electrons. The van der Waals surface area contributed by atoms with Gasteiger partial charge in [-0.05, 0) is 23.8 Å². The average Bonchev–Trinajstić information content (AvgIpc) is 2.46. The van der Waals surface area contributed by atoms with Gasteiger partial charge in [-0.25, -0.2) is 0 Å². The molecule has 0 unspecified atom stereocenters. The van der Waals surface area contributed by atoms with Gasteiger partial charge in [-0.15, -0.1) is 0 Å². The van der Waals surface area contributed by atoms with Crippen molar-refractivity contribution in [3.05, 3.63) is 62.7 Å². The smallest absolute Gasteiger partial charge is 0.284 e. The first-order valence-corrected chi connectivity index (χ1v) is 5.60. The second kappa shape index (κ2) is 5.35. The van der Waals surface area contributed by atoms with Crippen LogP contribution in [0.3, 0.4) is 0 Å². The highest BCUT2D eigenvalue weighted by molar-refractivity contribution is 5.76. The molecule has 0 aliphatic carbocycles. The van der Waals surface area contributed by atoms with E-state index in [0.717, 1.165) is 6.07 Å². The molecule has 7 heteroatoms. The largest absolute Gasteiger partial charge is 0.497 e. The lowest BCUT2D eigenvalue weighted by Crippen LogP contribution is -1.95. The highest BCUT2D eigenvalue weighted by atomic mass is 16.6. The van der Waals surface area contributed by atoms with E-state index in [0.29, 0.717) is 16.9 Å². The molecule has 20 heavy (non-hydrogen) atoms. The first kappa shape index (κ1) is 13.5. The standard InChI is InChI=1S/C13H10N2O5/c1-20-11-4-2-3-9(7-11)12-6-5-10(14(16)17)8-13(12)15(18)19/h2-8H,1H3. The number of non-ortho nitro benzene ring substituents is 1. The third kappa shape index (κ3) is 2.56. The second-order valence-corrected chi connectivity index (χ2v) is 3.95. The Kier molecular flexibility index (Phi) is 3.60. The molecule has 7 nitrogen and oxygen atoms in total. The minimum absolute atomic E-state index is 0.305. The van der Waals surface area contributed by atoms with Crippen LogP contribution in [0.15, 0.2) is 42.5 Å². The van der Waals surface area contributed by atoms with E-state index in [9.17, 15) is 20.2 Å². The van der Waals surface area contributed by atoms with Crippen LogP contribution in [0.25, 0.3) is 11.1 Å². The van der Waals surface area contributed by atoms with Gasteiger partial charge in [-0.2, -0.15) is 0 Å². The topological polar surface area (TPSA) is 95.5 Å². The van der Waals surface area contributed by atoms with Gasteiger partial charge in [0.2, 0.25) is 0 Å². The molecule has 2 aromatic carbocycles. The third-order valence-corrected chi connectivity index (χ3v) is 2.77. The Morgan fingerprint density at radius 3 is 2.35 bits per heavy atom. The van der Waals surface area contributed by atoms with Crippen molar-refractivity contribution >= 4 is 11.4 Å². The number of benzene rings is 2. The monoisotopic (exact) mass is 274 g/mol. The Morgan fingerprint density at radius 1 is 1.00 bits per heavy atom. The molecule has 2 aromatic rings. The summed E-state index contributed by atoms with van der Waals surface area (Å²) in [5.74, 6) is 0.551. The maximum atomic E-state index is 11.1. The molecule has 0 saturated carbocycles. The Hall–Kier alpha value is -2.96. The first-order chi connectivity index (χ1) is 9.52. The summed E-state index contributed by atoms with van der Waals surface area (Å²) in [5, 5.41) is 21.8. The molecule has 0 bridgehead atoms. The summed E-state index contributed by atoms with van der Waals surface area (Å²) < 4.78 is 5.06. The van der Waals surface area contributed by atoms with Crippen molar-refractivity contribution in [3.63, 3.8) is 0 Å². The zero-order valence-electron chi connectivity index (χ0n) is 10.5. The molecule has 0 aromatic heterocycles. The molecule has 0 fully saturated rings. The molecule has 0 aliphatic rings. The Balaban J connectivity index is 2.60. The maximum Gasteiger partial charge on any atom is 0.284 e. The van der Waals surface area contributed by atoms with Crippen molar-refractivity contribution < 1.29 is 14.6 Å². The van der Waals surface area contributed by atoms with E-state index in [2.05, 4.69) is 0 Å². The van der Waals surface area contributed by atoms with Crippen LogP contribution < -0.4 is 4.74 Å². The molecule has 0 amide bonds. The van der Waals surface area contributed by atoms with Crippen LogP contribution in [0.2, 0.25) is 0 Å². The fourth-order valence-corrected chi connectivity index (χ4v) is 1.82. The van der Waals surface area contributed by atoms with Crippen LogP contribution in [-0.2, 0) is 0 Å². The van der Waals surface area contributed by atoms with E-state index < -0.39 is 9.85 Å². The Bertz CT molecular complexity index is 684. The SMILES string of the molecule is COc1cccc(-c2ccc([N+](=O)[O-])cc2[N+](=O)[O-])c1. The van der Waals surface area contributed by atoms with Crippen molar-refractivity contribution in [2.75, 3.05) is 7.11 Å². The summed E-state index contributed by atoms with van der Waals surface area (Å²) in [4.78, 5) is 20.5. The van der Waals surface area contributed by atoms with Crippen molar-refractivity contribution in [2.24, 2.45) is 0 Å². The number of hydrogen-bond donors (Lipinski definition) is 0. The zero-order chi connectivity index (χ0) is 14.7. The van der Waals surface area contributed by atoms with Gasteiger partial charge in [0.1, 0.15) is 5.75 Å². The van der Waals surface area contributed by atoms with E-state index >= 15 is 0 Å². The van der Waals surface area contributed by atoms with E-state index in [4.69, 9.17) is 4.74 Å². The first-order valence-electron chi connectivity index (χ1n) is 5.60. The summed E-state index contributed by atoms with van der Waals surface area (Å²) >= 11 is 0. The highest BCUT2D eigenvalue weighted by Crippen LogP contribution is 2.34. The molecule has 2 rings (SSSR count). The maximum absolute atomic E-state index is 11.1. The third-order valence-electron chi connectivity index (χ3n) is 2.77. The van der Waals surface area contributed by atoms with Crippen LogP contribution in [0.4, 0.5) is 11.4 Å². The molecule has 0 heterocycles. The Morgan fingerprint density at radius 2 is 1.75 bits per heavy atom. The quantitative estimate of drug-likeness (QED) is 0.630. The van der Waals surface area contributed by atoms with Gasteiger partial charge in [0, 0.05) is 6.07 Å². The van der Waals surface area contributed by atoms with Gasteiger partial charge in [-0.1, -0.05) is 12.1 Å². The number of methoxy groups -OCH3 is 1. The van der Waals surface area contributed by atoms with Gasteiger partial charge in [0.15, 0.2) is 0 Å². The average molecular weight is 274 g/mol. The predicted molar refractivity (Wildman–Crippen MR) is 71.7 cm³/mol. The summed E-state index contributed by atoms with van der Waals surface area (Å²) in [7, 11) is 1.49. The van der Waals surface area contributed by atoms with Gasteiger partial charge in [-0.3, -0.25) is 20.2 Å². The van der Waals surface area contributed by atoms with Gasteiger partial charge in [0.25, 0.3) is 11.4 Å². The summed E-state index contributed by atoms with van der Waals surface area (Å²) in [5.41, 5.74) is 0.237. The minimum atomic E-state index is -0.664. The van der Waals surface area contributed by atoms with E-state index in [1.165, 1.54) is 19.2 Å². The van der Waals surface area contributed by atoms with Gasteiger partial charge >= 0.3 is 0 Å². The fraction of sp³-hybridized carbons (Fsp3) is 0.0769. The lowest BCUT2D eigenvalue weighted by molar-refractivity contribution is -0.393. The fourth-order valence-electron chi connectivity index (χ4n) is 1.82. The minimum Gasteiger partial charge on any atom is -0.497 e. The van der Waals surface area contributed by atoms with Crippen molar-refractivity contribution in [1.82, 2.24) is 0 Å². The summed E-state index contributed by atoms with van der Waals surface area (Å²) in [6, 6.07) is 10.3. The number of hydrogen-bond acceptors (Lipinski definition) is 5. The van der Waals surface area contributed by atoms with Crippen LogP contribution in [0, 0.1) is 20.2 Å².